The number of carbonyl (C=O) groups excluding carboxylic acids is 2. The summed E-state index contributed by atoms with van der Waals surface area (Å²) in [5.41, 5.74) is 1.97. The Morgan fingerprint density at radius 1 is 1.03 bits per heavy atom. The topological polar surface area (TPSA) is 69.0 Å². The highest BCUT2D eigenvalue weighted by Gasteiger charge is 2.33. The summed E-state index contributed by atoms with van der Waals surface area (Å²) in [6.45, 7) is 4.58. The molecule has 1 saturated heterocycles. The summed E-state index contributed by atoms with van der Waals surface area (Å²) in [5.74, 6) is 1.33. The van der Waals surface area contributed by atoms with Crippen LogP contribution in [0, 0.1) is 0 Å². The molecule has 168 valence electrons. The Bertz CT molecular complexity index is 1210. The molecule has 1 aromatic heterocycles. The third-order valence-corrected chi connectivity index (χ3v) is 6.08. The normalized spacial score (nSPS) is 14.7. The second-order valence-electron chi connectivity index (χ2n) is 6.94. The van der Waals surface area contributed by atoms with Gasteiger partial charge in [-0.1, -0.05) is 36.1 Å². The number of thiocarbonyl (C=S) groups is 1. The van der Waals surface area contributed by atoms with Crippen molar-refractivity contribution in [1.29, 1.82) is 0 Å². The fourth-order valence-corrected chi connectivity index (χ4v) is 4.53. The van der Waals surface area contributed by atoms with Crippen LogP contribution in [0.5, 0.6) is 5.75 Å². The van der Waals surface area contributed by atoms with E-state index in [1.54, 1.807) is 43.3 Å². The van der Waals surface area contributed by atoms with Gasteiger partial charge in [-0.25, -0.2) is 4.79 Å². The van der Waals surface area contributed by atoms with Crippen molar-refractivity contribution in [3.05, 3.63) is 76.9 Å². The van der Waals surface area contributed by atoms with Crippen molar-refractivity contribution in [2.24, 2.45) is 0 Å². The van der Waals surface area contributed by atoms with Crippen LogP contribution in [-0.4, -0.2) is 29.4 Å². The molecule has 2 aromatic carbocycles. The number of hydrogen-bond donors (Lipinski definition) is 0. The molecule has 2 heterocycles. The highest BCUT2D eigenvalue weighted by atomic mass is 32.2. The number of ether oxygens (including phenoxy) is 2. The van der Waals surface area contributed by atoms with Crippen molar-refractivity contribution in [2.75, 3.05) is 18.1 Å². The third-order valence-electron chi connectivity index (χ3n) is 4.78. The number of hydrogen-bond acceptors (Lipinski definition) is 7. The molecule has 33 heavy (non-hydrogen) atoms. The molecular weight excluding hydrogens is 458 g/mol. The van der Waals surface area contributed by atoms with Gasteiger partial charge in [-0.05, 0) is 62.4 Å². The minimum Gasteiger partial charge on any atom is -0.494 e. The Kier molecular flexibility index (Phi) is 6.96. The third kappa shape index (κ3) is 5.02. The zero-order valence-electron chi connectivity index (χ0n) is 18.1. The van der Waals surface area contributed by atoms with E-state index in [9.17, 15) is 9.59 Å². The molecule has 1 fully saturated rings. The average molecular weight is 480 g/mol. The molecule has 1 aliphatic rings. The minimum absolute atomic E-state index is 0.203. The predicted octanol–water partition coefficient (Wildman–Crippen LogP) is 5.93. The molecule has 0 N–H and O–H groups in total. The lowest BCUT2D eigenvalue weighted by Crippen LogP contribution is -2.27. The lowest BCUT2D eigenvalue weighted by molar-refractivity contribution is -0.113. The molecular formula is C25H21NO5S2. The zero-order chi connectivity index (χ0) is 23.4. The first-order valence-electron chi connectivity index (χ1n) is 10.4. The van der Waals surface area contributed by atoms with Gasteiger partial charge in [-0.3, -0.25) is 9.69 Å². The van der Waals surface area contributed by atoms with Crippen molar-refractivity contribution in [3.63, 3.8) is 0 Å². The summed E-state index contributed by atoms with van der Waals surface area (Å²) in [7, 11) is 0. The largest absolute Gasteiger partial charge is 0.494 e. The standard InChI is InChI=1S/C25H21NO5S2/c1-3-29-19-11-9-18(10-12-19)26-23(27)22(33-25(26)32)15-20-13-14-21(31-20)16-5-7-17(8-6-16)24(28)30-4-2/h5-15H,3-4H2,1-2H3/b22-15+. The predicted molar refractivity (Wildman–Crippen MR) is 133 cm³/mol. The van der Waals surface area contributed by atoms with Gasteiger partial charge < -0.3 is 13.9 Å². The van der Waals surface area contributed by atoms with Gasteiger partial charge in [-0.2, -0.15) is 0 Å². The Morgan fingerprint density at radius 3 is 2.42 bits per heavy atom. The highest BCUT2D eigenvalue weighted by Crippen LogP contribution is 2.37. The Hall–Kier alpha value is -3.36. The molecule has 6 nitrogen and oxygen atoms in total. The van der Waals surface area contributed by atoms with Crippen LogP contribution in [0.3, 0.4) is 0 Å². The van der Waals surface area contributed by atoms with Crippen LogP contribution in [0.15, 0.2) is 70.0 Å². The smallest absolute Gasteiger partial charge is 0.338 e. The van der Waals surface area contributed by atoms with Crippen LogP contribution in [0.4, 0.5) is 5.69 Å². The van der Waals surface area contributed by atoms with Crippen molar-refractivity contribution in [2.45, 2.75) is 13.8 Å². The molecule has 0 radical (unpaired) electrons. The summed E-state index contributed by atoms with van der Waals surface area (Å²) in [6, 6.07) is 17.8. The summed E-state index contributed by atoms with van der Waals surface area (Å²) in [6.07, 6.45) is 1.68. The van der Waals surface area contributed by atoms with E-state index in [1.165, 1.54) is 16.7 Å². The molecule has 0 atom stereocenters. The quantitative estimate of drug-likeness (QED) is 0.236. The second-order valence-corrected chi connectivity index (χ2v) is 8.62. The van der Waals surface area contributed by atoms with Gasteiger partial charge in [0.25, 0.3) is 5.91 Å². The molecule has 3 aromatic rings. The Morgan fingerprint density at radius 2 is 1.76 bits per heavy atom. The van der Waals surface area contributed by atoms with Gasteiger partial charge in [0.2, 0.25) is 0 Å². The van der Waals surface area contributed by atoms with E-state index < -0.39 is 0 Å². The van der Waals surface area contributed by atoms with Gasteiger partial charge in [0.15, 0.2) is 4.32 Å². The van der Waals surface area contributed by atoms with Crippen molar-refractivity contribution in [3.8, 4) is 17.1 Å². The number of carbonyl (C=O) groups is 2. The molecule has 0 saturated carbocycles. The van der Waals surface area contributed by atoms with E-state index >= 15 is 0 Å². The summed E-state index contributed by atoms with van der Waals surface area (Å²) in [4.78, 5) is 26.8. The number of rotatable bonds is 7. The average Bonchev–Trinajstić information content (AvgIpc) is 3.39. The number of furan rings is 1. The molecule has 0 spiro atoms. The Balaban J connectivity index is 1.50. The van der Waals surface area contributed by atoms with Crippen molar-refractivity contribution < 1.29 is 23.5 Å². The van der Waals surface area contributed by atoms with E-state index in [-0.39, 0.29) is 11.9 Å². The fraction of sp³-hybridized carbons (Fsp3) is 0.160. The van der Waals surface area contributed by atoms with Crippen LogP contribution < -0.4 is 9.64 Å². The van der Waals surface area contributed by atoms with Crippen molar-refractivity contribution in [1.82, 2.24) is 0 Å². The molecule has 8 heteroatoms. The molecule has 1 aliphatic heterocycles. The molecule has 1 amide bonds. The van der Waals surface area contributed by atoms with E-state index in [0.29, 0.717) is 45.2 Å². The van der Waals surface area contributed by atoms with E-state index in [4.69, 9.17) is 26.1 Å². The molecule has 4 rings (SSSR count). The van der Waals surface area contributed by atoms with Crippen LogP contribution >= 0.6 is 24.0 Å². The lowest BCUT2D eigenvalue weighted by Gasteiger charge is -2.15. The number of anilines is 1. The number of amides is 1. The van der Waals surface area contributed by atoms with Gasteiger partial charge >= 0.3 is 5.97 Å². The first kappa shape index (κ1) is 22.8. The fourth-order valence-electron chi connectivity index (χ4n) is 3.25. The van der Waals surface area contributed by atoms with Crippen LogP contribution in [-0.2, 0) is 9.53 Å². The molecule has 0 unspecified atom stereocenters. The van der Waals surface area contributed by atoms with Crippen LogP contribution in [0.1, 0.15) is 30.0 Å². The number of thioether (sulfide) groups is 1. The maximum absolute atomic E-state index is 13.0. The first-order chi connectivity index (χ1) is 16.0. The summed E-state index contributed by atoms with van der Waals surface area (Å²) < 4.78 is 16.8. The number of benzene rings is 2. The monoisotopic (exact) mass is 479 g/mol. The van der Waals surface area contributed by atoms with Crippen molar-refractivity contribution >= 4 is 51.9 Å². The van der Waals surface area contributed by atoms with Crippen LogP contribution in [0.2, 0.25) is 0 Å². The van der Waals surface area contributed by atoms with Gasteiger partial charge in [0.1, 0.15) is 17.3 Å². The SMILES string of the molecule is CCOC(=O)c1ccc(-c2ccc(/C=C3/SC(=S)N(c4ccc(OCC)cc4)C3=O)o2)cc1. The van der Waals surface area contributed by atoms with Crippen LogP contribution in [0.25, 0.3) is 17.4 Å². The van der Waals surface area contributed by atoms with Gasteiger partial charge in [0.05, 0.1) is 29.4 Å². The zero-order valence-corrected chi connectivity index (χ0v) is 19.7. The molecule has 0 aliphatic carbocycles. The minimum atomic E-state index is -0.362. The lowest BCUT2D eigenvalue weighted by atomic mass is 10.1. The Labute approximate surface area is 201 Å². The van der Waals surface area contributed by atoms with Gasteiger partial charge in [0, 0.05) is 11.6 Å². The van der Waals surface area contributed by atoms with Gasteiger partial charge in [-0.15, -0.1) is 0 Å². The highest BCUT2D eigenvalue weighted by molar-refractivity contribution is 8.27. The molecule has 0 bridgehead atoms. The van der Waals surface area contributed by atoms with E-state index in [2.05, 4.69) is 0 Å². The second kappa shape index (κ2) is 10.1. The number of nitrogens with zero attached hydrogens (tertiary/aromatic N) is 1. The summed E-state index contributed by atoms with van der Waals surface area (Å²) >= 11 is 6.67. The van der Waals surface area contributed by atoms with E-state index in [1.807, 2.05) is 37.3 Å². The maximum atomic E-state index is 13.0. The number of esters is 1. The van der Waals surface area contributed by atoms with E-state index in [0.717, 1.165) is 11.3 Å². The maximum Gasteiger partial charge on any atom is 0.338 e. The summed E-state index contributed by atoms with van der Waals surface area (Å²) in [5, 5.41) is 0. The first-order valence-corrected chi connectivity index (χ1v) is 11.6.